The van der Waals surface area contributed by atoms with Gasteiger partial charge in [-0.15, -0.1) is 10.2 Å². The van der Waals surface area contributed by atoms with Crippen molar-refractivity contribution < 1.29 is 9.50 Å². The van der Waals surface area contributed by atoms with Crippen molar-refractivity contribution in [1.82, 2.24) is 25.1 Å². The minimum Gasteiger partial charge on any atom is -0.507 e. The van der Waals surface area contributed by atoms with Crippen LogP contribution in [0.25, 0.3) is 33.4 Å². The van der Waals surface area contributed by atoms with Gasteiger partial charge in [-0.05, 0) is 60.7 Å². The molecule has 8 nitrogen and oxygen atoms in total. The summed E-state index contributed by atoms with van der Waals surface area (Å²) in [6.07, 6.45) is 2.58. The van der Waals surface area contributed by atoms with Gasteiger partial charge >= 0.3 is 0 Å². The summed E-state index contributed by atoms with van der Waals surface area (Å²) in [6.45, 7) is 0. The number of alkyl halides is 1. The summed E-state index contributed by atoms with van der Waals surface area (Å²) in [4.78, 5) is 26.9. The highest BCUT2D eigenvalue weighted by Crippen LogP contribution is 2.37. The molecule has 5 heterocycles. The van der Waals surface area contributed by atoms with Crippen LogP contribution in [0.15, 0.2) is 64.3 Å². The van der Waals surface area contributed by atoms with Gasteiger partial charge in [0.2, 0.25) is 5.56 Å². The number of rotatable bonds is 3. The van der Waals surface area contributed by atoms with Crippen LogP contribution in [0.2, 0.25) is 0 Å². The summed E-state index contributed by atoms with van der Waals surface area (Å²) < 4.78 is 16.7. The molecule has 0 aliphatic carbocycles. The van der Waals surface area contributed by atoms with Crippen molar-refractivity contribution in [3.63, 3.8) is 0 Å². The van der Waals surface area contributed by atoms with E-state index in [0.717, 1.165) is 12.8 Å². The number of nitrogens with zero attached hydrogens (tertiary/aromatic N) is 3. The number of hydrogen-bond acceptors (Lipinski definition) is 6. The number of pyridine rings is 2. The zero-order chi connectivity index (χ0) is 23.4. The summed E-state index contributed by atoms with van der Waals surface area (Å²) in [7, 11) is 0. The number of hydrogen-bond donors (Lipinski definition) is 3. The summed E-state index contributed by atoms with van der Waals surface area (Å²) >= 11 is 0. The van der Waals surface area contributed by atoms with Crippen LogP contribution in [0.1, 0.15) is 25.3 Å². The molecule has 2 saturated heterocycles. The molecule has 0 amide bonds. The number of aromatic hydroxyl groups is 1. The Kier molecular flexibility index (Phi) is 4.80. The highest BCUT2D eigenvalue weighted by molar-refractivity contribution is 5.82. The number of aromatic amines is 1. The van der Waals surface area contributed by atoms with Crippen molar-refractivity contribution in [2.45, 2.75) is 43.6 Å². The third-order valence-corrected chi connectivity index (χ3v) is 6.94. The Morgan fingerprint density at radius 3 is 2.68 bits per heavy atom. The van der Waals surface area contributed by atoms with Crippen LogP contribution in [0.4, 0.5) is 4.39 Å². The van der Waals surface area contributed by atoms with Crippen LogP contribution in [-0.2, 0) is 0 Å². The summed E-state index contributed by atoms with van der Waals surface area (Å²) in [5.41, 5.74) is 2.06. The lowest BCUT2D eigenvalue weighted by Gasteiger charge is -2.34. The smallest absolute Gasteiger partial charge is 0.252 e. The van der Waals surface area contributed by atoms with Crippen molar-refractivity contribution in [3.05, 3.63) is 75.4 Å². The second kappa shape index (κ2) is 7.88. The van der Waals surface area contributed by atoms with Crippen molar-refractivity contribution >= 4 is 11.0 Å². The maximum absolute atomic E-state index is 15.2. The van der Waals surface area contributed by atoms with Crippen molar-refractivity contribution in [2.24, 2.45) is 0 Å². The fraction of sp³-hybridized carbons (Fsp3) is 0.280. The van der Waals surface area contributed by atoms with E-state index >= 15 is 4.39 Å². The van der Waals surface area contributed by atoms with Crippen molar-refractivity contribution in [1.29, 1.82) is 0 Å². The SMILES string of the molecule is O=c1cc(-c2ccc(-c3cc4ccc(=O)n([C@H]5CC6CCC(N6)[C@H]5F)c4nn3)c(O)c2)cc[nH]1. The lowest BCUT2D eigenvalue weighted by molar-refractivity contribution is 0.138. The molecule has 0 radical (unpaired) electrons. The quantitative estimate of drug-likeness (QED) is 0.434. The fourth-order valence-electron chi connectivity index (χ4n) is 5.28. The van der Waals surface area contributed by atoms with Gasteiger partial charge in [0, 0.05) is 41.4 Å². The molecular formula is C25H22FN5O3. The fourth-order valence-corrected chi connectivity index (χ4v) is 5.28. The summed E-state index contributed by atoms with van der Waals surface area (Å²) in [5, 5.41) is 23.2. The first-order valence-electron chi connectivity index (χ1n) is 11.3. The standard InChI is InChI=1S/C25H22FN5O3/c26-24-18-5-3-16(28-18)12-20(24)31-23(34)6-2-15-9-19(29-30-25(15)31)17-4-1-13(10-21(17)32)14-7-8-27-22(33)11-14/h1-2,4,6-11,16,18,20,24,28,32H,3,5,12H2,(H,27,33)/t16?,18?,20-,24+/m0/s1. The third kappa shape index (κ3) is 3.40. The van der Waals surface area contributed by atoms with E-state index < -0.39 is 12.2 Å². The number of fused-ring (bicyclic) bond motifs is 3. The van der Waals surface area contributed by atoms with E-state index in [9.17, 15) is 14.7 Å². The number of phenols is 1. The number of phenolic OH excluding ortho intramolecular Hbond substituents is 1. The predicted molar refractivity (Wildman–Crippen MR) is 125 cm³/mol. The summed E-state index contributed by atoms with van der Waals surface area (Å²) in [6, 6.07) is 12.5. The second-order valence-electron chi connectivity index (χ2n) is 9.02. The molecule has 6 rings (SSSR count). The lowest BCUT2D eigenvalue weighted by Crippen LogP contribution is -2.49. The molecule has 2 fully saturated rings. The topological polar surface area (TPSA) is 113 Å². The Morgan fingerprint density at radius 2 is 1.85 bits per heavy atom. The zero-order valence-electron chi connectivity index (χ0n) is 18.1. The average molecular weight is 459 g/mol. The highest BCUT2D eigenvalue weighted by Gasteiger charge is 2.43. The van der Waals surface area contributed by atoms with Gasteiger partial charge in [-0.3, -0.25) is 14.2 Å². The van der Waals surface area contributed by atoms with Gasteiger partial charge < -0.3 is 15.4 Å². The molecule has 9 heteroatoms. The molecular weight excluding hydrogens is 437 g/mol. The van der Waals surface area contributed by atoms with E-state index in [2.05, 4.69) is 20.5 Å². The van der Waals surface area contributed by atoms with Gasteiger partial charge in [-0.25, -0.2) is 4.39 Å². The Morgan fingerprint density at radius 1 is 1.00 bits per heavy atom. The molecule has 0 spiro atoms. The minimum absolute atomic E-state index is 0.0153. The van der Waals surface area contributed by atoms with Gasteiger partial charge in [0.25, 0.3) is 5.56 Å². The minimum atomic E-state index is -1.18. The number of benzene rings is 1. The van der Waals surface area contributed by atoms with Gasteiger partial charge in [-0.2, -0.15) is 0 Å². The van der Waals surface area contributed by atoms with Gasteiger partial charge in [0.05, 0.1) is 11.7 Å². The van der Waals surface area contributed by atoms with E-state index in [1.165, 1.54) is 16.7 Å². The van der Waals surface area contributed by atoms with E-state index in [0.29, 0.717) is 39.8 Å². The first-order chi connectivity index (χ1) is 16.5. The van der Waals surface area contributed by atoms with Crippen LogP contribution in [0.3, 0.4) is 0 Å². The Balaban J connectivity index is 1.40. The molecule has 3 aromatic heterocycles. The number of piperidine rings is 1. The van der Waals surface area contributed by atoms with E-state index in [1.54, 1.807) is 42.6 Å². The number of halogens is 1. The van der Waals surface area contributed by atoms with Gasteiger partial charge in [0.1, 0.15) is 11.9 Å². The number of H-pyrrole nitrogens is 1. The predicted octanol–water partition coefficient (Wildman–Crippen LogP) is 2.92. The molecule has 172 valence electrons. The number of nitrogens with one attached hydrogen (secondary N) is 2. The third-order valence-electron chi connectivity index (χ3n) is 6.94. The Hall–Kier alpha value is -3.85. The van der Waals surface area contributed by atoms with Crippen molar-refractivity contribution in [2.75, 3.05) is 0 Å². The first-order valence-corrected chi connectivity index (χ1v) is 11.3. The molecule has 3 N–H and O–H groups in total. The van der Waals surface area contributed by atoms with Gasteiger partial charge in [0.15, 0.2) is 5.65 Å². The molecule has 0 saturated carbocycles. The highest BCUT2D eigenvalue weighted by atomic mass is 19.1. The zero-order valence-corrected chi connectivity index (χ0v) is 18.1. The van der Waals surface area contributed by atoms with Crippen LogP contribution in [-0.4, -0.2) is 43.1 Å². The van der Waals surface area contributed by atoms with Crippen LogP contribution in [0.5, 0.6) is 5.75 Å². The maximum Gasteiger partial charge on any atom is 0.252 e. The largest absolute Gasteiger partial charge is 0.507 e. The Bertz CT molecular complexity index is 1530. The normalized spacial score (nSPS) is 23.9. The lowest BCUT2D eigenvalue weighted by atomic mass is 9.97. The molecule has 2 unspecified atom stereocenters. The Labute approximate surface area is 193 Å². The van der Waals surface area contributed by atoms with Crippen LogP contribution < -0.4 is 16.4 Å². The molecule has 2 bridgehead atoms. The van der Waals surface area contributed by atoms with Crippen molar-refractivity contribution in [3.8, 4) is 28.1 Å². The molecule has 4 atom stereocenters. The van der Waals surface area contributed by atoms with Gasteiger partial charge in [-0.1, -0.05) is 6.07 Å². The average Bonchev–Trinajstić information content (AvgIpc) is 3.25. The molecule has 34 heavy (non-hydrogen) atoms. The summed E-state index contributed by atoms with van der Waals surface area (Å²) in [5.74, 6) is -0.0153. The molecule has 2 aliphatic heterocycles. The van der Waals surface area contributed by atoms with Crippen LogP contribution >= 0.6 is 0 Å². The van der Waals surface area contributed by atoms with E-state index in [-0.39, 0.29) is 29.0 Å². The number of aromatic nitrogens is 4. The second-order valence-corrected chi connectivity index (χ2v) is 9.02. The molecule has 4 aromatic rings. The van der Waals surface area contributed by atoms with E-state index in [1.807, 2.05) is 0 Å². The monoisotopic (exact) mass is 459 g/mol. The first kappa shape index (κ1) is 20.7. The molecule has 1 aromatic carbocycles. The van der Waals surface area contributed by atoms with Crippen LogP contribution in [0, 0.1) is 0 Å². The molecule has 2 aliphatic rings. The van der Waals surface area contributed by atoms with E-state index in [4.69, 9.17) is 0 Å². The maximum atomic E-state index is 15.2.